The molecule has 3 rings (SSSR count). The lowest BCUT2D eigenvalue weighted by Crippen LogP contribution is -2.55. The molecule has 0 bridgehead atoms. The summed E-state index contributed by atoms with van der Waals surface area (Å²) in [5, 5.41) is 15.5. The van der Waals surface area contributed by atoms with Crippen LogP contribution >= 0.6 is 0 Å². The number of aliphatic hydroxyl groups excluding tert-OH is 1. The number of aliphatic hydroxyl groups is 1. The van der Waals surface area contributed by atoms with Gasteiger partial charge in [0.2, 0.25) is 0 Å². The lowest BCUT2D eigenvalue weighted by Gasteiger charge is -2.34. The number of benzene rings is 2. The van der Waals surface area contributed by atoms with Crippen LogP contribution in [-0.2, 0) is 35.2 Å². The third-order valence-electron chi connectivity index (χ3n) is 5.79. The Labute approximate surface area is 223 Å². The number of hydrogen-bond acceptors (Lipinski definition) is 10. The summed E-state index contributed by atoms with van der Waals surface area (Å²) in [6.07, 6.45) is -4.10. The highest BCUT2D eigenvalue weighted by Gasteiger charge is 2.39. The number of esters is 1. The van der Waals surface area contributed by atoms with Gasteiger partial charge in [-0.05, 0) is 35.9 Å². The smallest absolute Gasteiger partial charge is 0.426 e. The first kappa shape index (κ1) is 29.0. The maximum Gasteiger partial charge on any atom is 0.426 e. The van der Waals surface area contributed by atoms with Crippen molar-refractivity contribution >= 4 is 41.2 Å². The van der Waals surface area contributed by atoms with Crippen molar-refractivity contribution in [3.8, 4) is 0 Å². The number of ether oxygens (including phenoxy) is 2. The minimum absolute atomic E-state index is 0.0358. The van der Waals surface area contributed by atoms with Gasteiger partial charge in [-0.3, -0.25) is 19.2 Å². The Morgan fingerprint density at radius 1 is 1.21 bits per heavy atom. The number of morpholine rings is 1. The molecule has 0 radical (unpaired) electrons. The van der Waals surface area contributed by atoms with Crippen LogP contribution in [0.3, 0.4) is 0 Å². The van der Waals surface area contributed by atoms with Crippen molar-refractivity contribution in [3.63, 3.8) is 0 Å². The fourth-order valence-corrected chi connectivity index (χ4v) is 3.72. The molecule has 5 N–H and O–H groups in total. The second-order valence-corrected chi connectivity index (χ2v) is 8.46. The predicted molar refractivity (Wildman–Crippen MR) is 136 cm³/mol. The average Bonchev–Trinajstić information content (AvgIpc) is 2.95. The number of hydrogen-bond donors (Lipinski definition) is 4. The van der Waals surface area contributed by atoms with E-state index in [9.17, 15) is 29.1 Å². The molecule has 0 spiro atoms. The second kappa shape index (κ2) is 13.3. The van der Waals surface area contributed by atoms with Gasteiger partial charge in [-0.25, -0.2) is 4.79 Å². The first-order chi connectivity index (χ1) is 18.6. The van der Waals surface area contributed by atoms with Crippen LogP contribution in [0.5, 0.6) is 0 Å². The summed E-state index contributed by atoms with van der Waals surface area (Å²) in [6, 6.07) is 12.5. The highest BCUT2D eigenvalue weighted by atomic mass is 16.7. The third kappa shape index (κ3) is 7.50. The zero-order valence-corrected chi connectivity index (χ0v) is 21.3. The van der Waals surface area contributed by atoms with Crippen molar-refractivity contribution in [1.29, 1.82) is 0 Å². The molecule has 4 amide bonds. The van der Waals surface area contributed by atoms with Crippen molar-refractivity contribution in [2.45, 2.75) is 18.8 Å². The Bertz CT molecular complexity index is 1220. The van der Waals surface area contributed by atoms with Crippen molar-refractivity contribution in [2.24, 2.45) is 5.90 Å². The molecule has 0 aliphatic carbocycles. The Morgan fingerprint density at radius 3 is 2.59 bits per heavy atom. The number of nitrogens with zero attached hydrogens (tertiary/aromatic N) is 2. The molecule has 208 valence electrons. The molecule has 0 aromatic heterocycles. The molecule has 2 aromatic carbocycles. The molecule has 1 heterocycles. The third-order valence-corrected chi connectivity index (χ3v) is 5.79. The highest BCUT2D eigenvalue weighted by molar-refractivity contribution is 6.04. The number of carbonyl (C=O) groups is 5. The zero-order chi connectivity index (χ0) is 28.5. The van der Waals surface area contributed by atoms with Gasteiger partial charge in [-0.1, -0.05) is 18.2 Å². The summed E-state index contributed by atoms with van der Waals surface area (Å²) in [5.74, 6) is 2.19. The van der Waals surface area contributed by atoms with E-state index in [1.807, 2.05) is 0 Å². The van der Waals surface area contributed by atoms with Crippen molar-refractivity contribution in [2.75, 3.05) is 44.1 Å². The van der Waals surface area contributed by atoms with Gasteiger partial charge in [0, 0.05) is 37.1 Å². The maximum absolute atomic E-state index is 13.2. The summed E-state index contributed by atoms with van der Waals surface area (Å²) in [4.78, 5) is 67.6. The molecule has 0 unspecified atom stereocenters. The lowest BCUT2D eigenvalue weighted by atomic mass is 10.1. The van der Waals surface area contributed by atoms with Gasteiger partial charge in [-0.2, -0.15) is 5.90 Å². The summed E-state index contributed by atoms with van der Waals surface area (Å²) < 4.78 is 10.0. The number of carbonyl (C=O) groups excluding carboxylic acids is 5. The Balaban J connectivity index is 1.65. The number of nitrogens with two attached hydrogens (primary N) is 1. The number of amides is 4. The standard InChI is InChI=1S/C25H29N5O9/c1-29(14-19(31)37-2)23(34)16-4-3-5-18(12-16)30-10-11-38-21(24(30)35)20(32)22(33)28-17-8-6-15(7-9-17)13-27-25(36)39-26/h3-9,12,20-21,32H,10-11,13-14,26H2,1-2H3,(H,27,36)(H,28,33)/t20-,21-/m1/s1. The molecular weight excluding hydrogens is 514 g/mol. The molecule has 2 aromatic rings. The highest BCUT2D eigenvalue weighted by Crippen LogP contribution is 2.23. The normalized spacial score (nSPS) is 15.6. The van der Waals surface area contributed by atoms with Crippen LogP contribution in [0.4, 0.5) is 16.2 Å². The van der Waals surface area contributed by atoms with Gasteiger partial charge in [-0.15, -0.1) is 0 Å². The number of anilines is 2. The minimum Gasteiger partial charge on any atom is -0.468 e. The Morgan fingerprint density at radius 2 is 1.92 bits per heavy atom. The fraction of sp³-hybridized carbons (Fsp3) is 0.320. The Hall–Kier alpha value is -4.53. The molecule has 14 nitrogen and oxygen atoms in total. The van der Waals surface area contributed by atoms with E-state index >= 15 is 0 Å². The molecule has 1 aliphatic rings. The summed E-state index contributed by atoms with van der Waals surface area (Å²) in [6.45, 7) is 0.0596. The summed E-state index contributed by atoms with van der Waals surface area (Å²) in [7, 11) is 2.66. The molecule has 2 atom stereocenters. The molecule has 39 heavy (non-hydrogen) atoms. The van der Waals surface area contributed by atoms with Gasteiger partial charge >= 0.3 is 12.1 Å². The van der Waals surface area contributed by atoms with Gasteiger partial charge in [0.1, 0.15) is 6.54 Å². The number of likely N-dealkylation sites (N-methyl/N-ethyl adjacent to an activating group) is 1. The van der Waals surface area contributed by atoms with Crippen LogP contribution in [0.25, 0.3) is 0 Å². The maximum atomic E-state index is 13.2. The van der Waals surface area contributed by atoms with E-state index in [1.54, 1.807) is 36.4 Å². The largest absolute Gasteiger partial charge is 0.468 e. The summed E-state index contributed by atoms with van der Waals surface area (Å²) in [5.41, 5.74) is 1.62. The van der Waals surface area contributed by atoms with Gasteiger partial charge < -0.3 is 39.9 Å². The monoisotopic (exact) mass is 543 g/mol. The van der Waals surface area contributed by atoms with E-state index in [0.717, 1.165) is 0 Å². The fourth-order valence-electron chi connectivity index (χ4n) is 3.72. The van der Waals surface area contributed by atoms with Crippen LogP contribution in [0.1, 0.15) is 15.9 Å². The van der Waals surface area contributed by atoms with Crippen LogP contribution in [0, 0.1) is 0 Å². The predicted octanol–water partition coefficient (Wildman–Crippen LogP) is -0.237. The number of nitrogens with one attached hydrogen (secondary N) is 2. The van der Waals surface area contributed by atoms with Crippen LogP contribution in [-0.4, -0.2) is 85.9 Å². The molecule has 1 aliphatic heterocycles. The van der Waals surface area contributed by atoms with Crippen LogP contribution in [0.2, 0.25) is 0 Å². The SMILES string of the molecule is COC(=O)CN(C)C(=O)c1cccc(N2CCO[C@H]([C@@H](O)C(=O)Nc3ccc(CNC(=O)ON)cc3)C2=O)c1. The van der Waals surface area contributed by atoms with Gasteiger partial charge in [0.25, 0.3) is 17.7 Å². The average molecular weight is 544 g/mol. The lowest BCUT2D eigenvalue weighted by molar-refractivity contribution is -0.150. The zero-order valence-electron chi connectivity index (χ0n) is 21.3. The molecule has 1 saturated heterocycles. The molecular formula is C25H29N5O9. The van der Waals surface area contributed by atoms with Crippen LogP contribution < -0.4 is 21.4 Å². The first-order valence-corrected chi connectivity index (χ1v) is 11.7. The van der Waals surface area contributed by atoms with E-state index < -0.39 is 42.0 Å². The van der Waals surface area contributed by atoms with E-state index in [1.165, 1.54) is 36.1 Å². The number of methoxy groups -OCH3 is 1. The Kier molecular flexibility index (Phi) is 9.92. The van der Waals surface area contributed by atoms with Crippen molar-refractivity contribution in [1.82, 2.24) is 10.2 Å². The summed E-state index contributed by atoms with van der Waals surface area (Å²) >= 11 is 0. The first-order valence-electron chi connectivity index (χ1n) is 11.7. The number of rotatable bonds is 9. The molecule has 0 saturated carbocycles. The minimum atomic E-state index is -1.82. The van der Waals surface area contributed by atoms with E-state index in [-0.39, 0.29) is 31.8 Å². The van der Waals surface area contributed by atoms with E-state index in [4.69, 9.17) is 10.6 Å². The van der Waals surface area contributed by atoms with Crippen molar-refractivity contribution < 1.29 is 43.4 Å². The topological polar surface area (TPSA) is 190 Å². The van der Waals surface area contributed by atoms with Crippen LogP contribution in [0.15, 0.2) is 48.5 Å². The van der Waals surface area contributed by atoms with Crippen molar-refractivity contribution in [3.05, 3.63) is 59.7 Å². The second-order valence-electron chi connectivity index (χ2n) is 8.46. The van der Waals surface area contributed by atoms with Gasteiger partial charge in [0.15, 0.2) is 12.2 Å². The molecule has 14 heteroatoms. The quantitative estimate of drug-likeness (QED) is 0.243. The van der Waals surface area contributed by atoms with E-state index in [2.05, 4.69) is 20.2 Å². The molecule has 1 fully saturated rings. The van der Waals surface area contributed by atoms with Gasteiger partial charge in [0.05, 0.1) is 13.7 Å². The van der Waals surface area contributed by atoms with E-state index in [0.29, 0.717) is 16.9 Å².